The Morgan fingerprint density at radius 3 is 2.24 bits per heavy atom. The normalized spacial score (nSPS) is 20.1. The van der Waals surface area contributed by atoms with Crippen molar-refractivity contribution in [3.05, 3.63) is 35.9 Å². The molecular formula is C15H22N2O3S. The van der Waals surface area contributed by atoms with Crippen LogP contribution in [0.25, 0.3) is 0 Å². The molecule has 0 radical (unpaired) electrons. The third-order valence-electron chi connectivity index (χ3n) is 3.54. The Balaban J connectivity index is 2.22. The molecule has 0 saturated carbocycles. The van der Waals surface area contributed by atoms with Crippen molar-refractivity contribution in [1.29, 1.82) is 0 Å². The Morgan fingerprint density at radius 1 is 1.14 bits per heavy atom. The van der Waals surface area contributed by atoms with Crippen LogP contribution in [0, 0.1) is 0 Å². The number of amides is 1. The first-order valence-corrected chi connectivity index (χ1v) is 9.01. The maximum Gasteiger partial charge on any atom is 0.242 e. The molecule has 1 aliphatic rings. The van der Waals surface area contributed by atoms with E-state index in [2.05, 4.69) is 5.32 Å². The lowest BCUT2D eigenvalue weighted by atomic mass is 10.0. The Bertz CT molecular complexity index is 570. The van der Waals surface area contributed by atoms with Crippen molar-refractivity contribution in [2.75, 3.05) is 24.6 Å². The van der Waals surface area contributed by atoms with E-state index in [0.29, 0.717) is 13.1 Å². The first-order valence-electron chi connectivity index (χ1n) is 7.19. The van der Waals surface area contributed by atoms with Crippen LogP contribution in [0.4, 0.5) is 0 Å². The minimum atomic E-state index is -2.95. The monoisotopic (exact) mass is 310 g/mol. The van der Waals surface area contributed by atoms with E-state index >= 15 is 0 Å². The number of hydrogen-bond donors (Lipinski definition) is 1. The Labute approximate surface area is 126 Å². The first-order chi connectivity index (χ1) is 9.89. The van der Waals surface area contributed by atoms with Crippen molar-refractivity contribution < 1.29 is 13.2 Å². The summed E-state index contributed by atoms with van der Waals surface area (Å²) >= 11 is 0. The summed E-state index contributed by atoms with van der Waals surface area (Å²) < 4.78 is 23.2. The molecular weight excluding hydrogens is 288 g/mol. The van der Waals surface area contributed by atoms with Crippen LogP contribution in [0.5, 0.6) is 0 Å². The highest BCUT2D eigenvalue weighted by molar-refractivity contribution is 7.91. The summed E-state index contributed by atoms with van der Waals surface area (Å²) in [6, 6.07) is 9.14. The molecule has 1 fully saturated rings. The number of benzene rings is 1. The highest BCUT2D eigenvalue weighted by Gasteiger charge is 2.32. The predicted octanol–water partition coefficient (Wildman–Crippen LogP) is 0.983. The van der Waals surface area contributed by atoms with Crippen LogP contribution in [-0.4, -0.2) is 49.9 Å². The number of nitrogens with zero attached hydrogens (tertiary/aromatic N) is 1. The summed E-state index contributed by atoms with van der Waals surface area (Å²) in [7, 11) is -2.95. The van der Waals surface area contributed by atoms with Crippen molar-refractivity contribution in [1.82, 2.24) is 10.2 Å². The van der Waals surface area contributed by atoms with E-state index in [0.717, 1.165) is 5.56 Å². The van der Waals surface area contributed by atoms with Crippen molar-refractivity contribution in [2.24, 2.45) is 0 Å². The molecule has 1 N–H and O–H groups in total. The zero-order chi connectivity index (χ0) is 15.5. The molecule has 21 heavy (non-hydrogen) atoms. The molecule has 6 heteroatoms. The number of carbonyl (C=O) groups is 1. The maximum atomic E-state index is 12.5. The molecule has 1 saturated heterocycles. The fourth-order valence-electron chi connectivity index (χ4n) is 2.51. The molecule has 0 unspecified atom stereocenters. The third kappa shape index (κ3) is 4.28. The van der Waals surface area contributed by atoms with Gasteiger partial charge in [0.25, 0.3) is 0 Å². The molecule has 1 aromatic rings. The standard InChI is InChI=1S/C15H22N2O3S/c1-12(2)16-15(18)14(13-6-4-3-5-7-13)17-8-10-21(19,20)11-9-17/h3-7,12,14H,8-11H2,1-2H3,(H,16,18)/t14-/m1/s1. The smallest absolute Gasteiger partial charge is 0.242 e. The first kappa shape index (κ1) is 16.0. The van der Waals surface area contributed by atoms with Gasteiger partial charge in [0.1, 0.15) is 6.04 Å². The van der Waals surface area contributed by atoms with Crippen LogP contribution in [0.1, 0.15) is 25.5 Å². The lowest BCUT2D eigenvalue weighted by Gasteiger charge is -2.34. The van der Waals surface area contributed by atoms with Gasteiger partial charge in [0.15, 0.2) is 9.84 Å². The summed E-state index contributed by atoms with van der Waals surface area (Å²) in [4.78, 5) is 14.5. The molecule has 5 nitrogen and oxygen atoms in total. The Morgan fingerprint density at radius 2 is 1.71 bits per heavy atom. The zero-order valence-corrected chi connectivity index (χ0v) is 13.3. The van der Waals surface area contributed by atoms with E-state index in [4.69, 9.17) is 0 Å². The van der Waals surface area contributed by atoms with Gasteiger partial charge in [-0.15, -0.1) is 0 Å². The molecule has 1 aliphatic heterocycles. The van der Waals surface area contributed by atoms with Gasteiger partial charge in [-0.2, -0.15) is 0 Å². The minimum Gasteiger partial charge on any atom is -0.352 e. The topological polar surface area (TPSA) is 66.5 Å². The maximum absolute atomic E-state index is 12.5. The van der Waals surface area contributed by atoms with Crippen molar-refractivity contribution in [3.8, 4) is 0 Å². The van der Waals surface area contributed by atoms with E-state index in [1.807, 2.05) is 49.1 Å². The molecule has 0 spiro atoms. The van der Waals surface area contributed by atoms with Crippen LogP contribution >= 0.6 is 0 Å². The van der Waals surface area contributed by atoms with Gasteiger partial charge in [-0.1, -0.05) is 30.3 Å². The SMILES string of the molecule is CC(C)NC(=O)[C@@H](c1ccccc1)N1CCS(=O)(=O)CC1. The minimum absolute atomic E-state index is 0.0530. The lowest BCUT2D eigenvalue weighted by molar-refractivity contribution is -0.127. The van der Waals surface area contributed by atoms with E-state index in [9.17, 15) is 13.2 Å². The van der Waals surface area contributed by atoms with Crippen LogP contribution in [0.3, 0.4) is 0 Å². The number of nitrogens with one attached hydrogen (secondary N) is 1. The van der Waals surface area contributed by atoms with E-state index in [1.165, 1.54) is 0 Å². The highest BCUT2D eigenvalue weighted by atomic mass is 32.2. The van der Waals surface area contributed by atoms with Gasteiger partial charge in [0, 0.05) is 19.1 Å². The van der Waals surface area contributed by atoms with Gasteiger partial charge in [-0.25, -0.2) is 8.42 Å². The lowest BCUT2D eigenvalue weighted by Crippen LogP contribution is -2.48. The Hall–Kier alpha value is -1.40. The number of carbonyl (C=O) groups excluding carboxylic acids is 1. The summed E-state index contributed by atoms with van der Waals surface area (Å²) in [6.07, 6.45) is 0. The van der Waals surface area contributed by atoms with Gasteiger partial charge in [-0.3, -0.25) is 9.69 Å². The average Bonchev–Trinajstić information content (AvgIpc) is 2.41. The second-order valence-electron chi connectivity index (χ2n) is 5.66. The van der Waals surface area contributed by atoms with Crippen molar-refractivity contribution >= 4 is 15.7 Å². The fraction of sp³-hybridized carbons (Fsp3) is 0.533. The molecule has 116 valence electrons. The van der Waals surface area contributed by atoms with Crippen LogP contribution in [-0.2, 0) is 14.6 Å². The van der Waals surface area contributed by atoms with Gasteiger partial charge < -0.3 is 5.32 Å². The fourth-order valence-corrected chi connectivity index (χ4v) is 3.74. The van der Waals surface area contributed by atoms with Crippen molar-refractivity contribution in [2.45, 2.75) is 25.9 Å². The van der Waals surface area contributed by atoms with Gasteiger partial charge in [0.2, 0.25) is 5.91 Å². The number of sulfone groups is 1. The van der Waals surface area contributed by atoms with E-state index in [1.54, 1.807) is 0 Å². The quantitative estimate of drug-likeness (QED) is 0.900. The molecule has 1 heterocycles. The molecule has 0 aromatic heterocycles. The van der Waals surface area contributed by atoms with Crippen LogP contribution < -0.4 is 5.32 Å². The van der Waals surface area contributed by atoms with E-state index in [-0.39, 0.29) is 23.5 Å². The largest absolute Gasteiger partial charge is 0.352 e. The second-order valence-corrected chi connectivity index (χ2v) is 7.97. The number of rotatable bonds is 4. The van der Waals surface area contributed by atoms with Crippen molar-refractivity contribution in [3.63, 3.8) is 0 Å². The van der Waals surface area contributed by atoms with E-state index < -0.39 is 15.9 Å². The molecule has 2 rings (SSSR count). The summed E-state index contributed by atoms with van der Waals surface area (Å²) in [5.41, 5.74) is 0.898. The van der Waals surface area contributed by atoms with Gasteiger partial charge in [0.05, 0.1) is 11.5 Å². The Kier molecular flexibility index (Phi) is 5.00. The summed E-state index contributed by atoms with van der Waals surface area (Å²) in [5.74, 6) is 0.159. The van der Waals surface area contributed by atoms with Crippen LogP contribution in [0.15, 0.2) is 30.3 Å². The predicted molar refractivity (Wildman–Crippen MR) is 82.7 cm³/mol. The molecule has 1 amide bonds. The number of hydrogen-bond acceptors (Lipinski definition) is 4. The molecule has 1 atom stereocenters. The van der Waals surface area contributed by atoms with Gasteiger partial charge in [-0.05, 0) is 19.4 Å². The third-order valence-corrected chi connectivity index (χ3v) is 5.15. The molecule has 0 bridgehead atoms. The van der Waals surface area contributed by atoms with Crippen LogP contribution in [0.2, 0.25) is 0 Å². The molecule has 1 aromatic carbocycles. The zero-order valence-electron chi connectivity index (χ0n) is 12.5. The second kappa shape index (κ2) is 6.58. The molecule has 0 aliphatic carbocycles. The summed E-state index contributed by atoms with van der Waals surface area (Å²) in [5, 5.41) is 2.93. The summed E-state index contributed by atoms with van der Waals surface area (Å²) in [6.45, 7) is 4.63. The highest BCUT2D eigenvalue weighted by Crippen LogP contribution is 2.23. The van der Waals surface area contributed by atoms with Gasteiger partial charge >= 0.3 is 0 Å². The average molecular weight is 310 g/mol.